The van der Waals surface area contributed by atoms with E-state index in [1.807, 2.05) is 48.5 Å². The molecule has 1 saturated heterocycles. The first kappa shape index (κ1) is 16.3. The van der Waals surface area contributed by atoms with Crippen molar-refractivity contribution in [3.8, 4) is 0 Å². The van der Waals surface area contributed by atoms with Gasteiger partial charge in [0, 0.05) is 51.0 Å². The van der Waals surface area contributed by atoms with Crippen LogP contribution in [0.15, 0.2) is 60.7 Å². The van der Waals surface area contributed by atoms with Crippen LogP contribution < -0.4 is 0 Å². The second-order valence-electron chi connectivity index (χ2n) is 5.55. The van der Waals surface area contributed by atoms with E-state index in [-0.39, 0.29) is 18.1 Å². The van der Waals surface area contributed by atoms with Gasteiger partial charge in [0.1, 0.15) is 4.58 Å². The quantitative estimate of drug-likeness (QED) is 0.782. The largest absolute Gasteiger partial charge is 0.294 e. The molecule has 0 bridgehead atoms. The molecule has 1 aliphatic rings. The van der Waals surface area contributed by atoms with Gasteiger partial charge >= 0.3 is 0 Å². The van der Waals surface area contributed by atoms with E-state index in [0.29, 0.717) is 17.1 Å². The monoisotopic (exact) mass is 346 g/mol. The Hall–Kier alpha value is -1.59. The van der Waals surface area contributed by atoms with Crippen LogP contribution >= 0.6 is 0 Å². The van der Waals surface area contributed by atoms with Crippen molar-refractivity contribution in [3.63, 3.8) is 0 Å². The number of Topliss-reactive ketones (excluding diaryl/α,β-unsaturated/α-hetero) is 1. The van der Waals surface area contributed by atoms with Gasteiger partial charge in [0.2, 0.25) is 0 Å². The highest BCUT2D eigenvalue weighted by Gasteiger charge is 2.39. The van der Waals surface area contributed by atoms with Crippen molar-refractivity contribution in [2.45, 2.75) is 16.9 Å². The van der Waals surface area contributed by atoms with E-state index in [9.17, 15) is 13.2 Å². The first-order valence-corrected chi connectivity index (χ1v) is 10.3. The van der Waals surface area contributed by atoms with E-state index in [0.717, 1.165) is 5.56 Å². The van der Waals surface area contributed by atoms with Crippen LogP contribution in [0.3, 0.4) is 0 Å². The topological polar surface area (TPSA) is 51.2 Å². The number of rotatable bonds is 5. The Bertz CT molecular complexity index is 712. The van der Waals surface area contributed by atoms with Gasteiger partial charge in [0.15, 0.2) is 5.78 Å². The molecule has 1 aliphatic heterocycles. The Kier molecular flexibility index (Phi) is 5.18. The van der Waals surface area contributed by atoms with Crippen LogP contribution in [-0.2, 0) is 21.6 Å². The molecule has 23 heavy (non-hydrogen) atoms. The number of benzene rings is 2. The maximum Gasteiger partial charge on any atom is 0.163 e. The fourth-order valence-electron chi connectivity index (χ4n) is 2.90. The zero-order chi connectivity index (χ0) is 16.2. The molecular formula is C18H18O3S2. The number of hydrogen-bond donors (Lipinski definition) is 0. The molecular weight excluding hydrogens is 328 g/mol. The second kappa shape index (κ2) is 7.32. The lowest BCUT2D eigenvalue weighted by Gasteiger charge is -2.21. The summed E-state index contributed by atoms with van der Waals surface area (Å²) in [5.41, 5.74) is 1.58. The molecule has 0 spiro atoms. The highest BCUT2D eigenvalue weighted by Crippen LogP contribution is 2.33. The molecule has 0 radical (unpaired) electrons. The van der Waals surface area contributed by atoms with Crippen LogP contribution in [0.1, 0.15) is 28.3 Å². The van der Waals surface area contributed by atoms with Gasteiger partial charge in [-0.1, -0.05) is 60.7 Å². The lowest BCUT2D eigenvalue weighted by atomic mass is 9.93. The van der Waals surface area contributed by atoms with Crippen molar-refractivity contribution in [1.29, 1.82) is 0 Å². The van der Waals surface area contributed by atoms with Gasteiger partial charge in [-0.05, 0) is 5.56 Å². The summed E-state index contributed by atoms with van der Waals surface area (Å²) in [7, 11) is -2.29. The molecule has 2 aromatic carbocycles. The standard InChI is InChI=1S/C18H18O3S2/c19-17(15-9-5-2-6-10-15)13-16(14-7-3-1-4-8-14)18-22(20)11-12-23(18)21/h1-10,16,18H,11-13H2/t16-,18?,22?,23?/m1/s1. The van der Waals surface area contributed by atoms with Crippen molar-refractivity contribution in [3.05, 3.63) is 71.8 Å². The van der Waals surface area contributed by atoms with E-state index in [4.69, 9.17) is 0 Å². The molecule has 2 aromatic rings. The summed E-state index contributed by atoms with van der Waals surface area (Å²) in [5.74, 6) is 0.647. The van der Waals surface area contributed by atoms with Crippen LogP contribution in [-0.4, -0.2) is 30.3 Å². The highest BCUT2D eigenvalue weighted by molar-refractivity contribution is 8.06. The fourth-order valence-corrected chi connectivity index (χ4v) is 7.45. The summed E-state index contributed by atoms with van der Waals surface area (Å²) in [6, 6.07) is 18.7. The van der Waals surface area contributed by atoms with Gasteiger partial charge in [0.05, 0.1) is 0 Å². The van der Waals surface area contributed by atoms with Gasteiger partial charge in [-0.3, -0.25) is 13.2 Å². The summed E-state index contributed by atoms with van der Waals surface area (Å²) >= 11 is 0. The zero-order valence-electron chi connectivity index (χ0n) is 12.6. The molecule has 120 valence electrons. The van der Waals surface area contributed by atoms with E-state index in [1.165, 1.54) is 0 Å². The number of ketones is 1. The Labute approximate surface area is 141 Å². The van der Waals surface area contributed by atoms with E-state index in [2.05, 4.69) is 0 Å². The van der Waals surface area contributed by atoms with Crippen LogP contribution in [0.2, 0.25) is 0 Å². The molecule has 1 fully saturated rings. The lowest BCUT2D eigenvalue weighted by molar-refractivity contribution is 0.0975. The molecule has 5 heteroatoms. The smallest absolute Gasteiger partial charge is 0.163 e. The Morgan fingerprint density at radius 1 is 0.913 bits per heavy atom. The van der Waals surface area contributed by atoms with Crippen LogP contribution in [0.4, 0.5) is 0 Å². The van der Waals surface area contributed by atoms with Crippen molar-refractivity contribution >= 4 is 27.4 Å². The normalized spacial score (nSPS) is 25.1. The average molecular weight is 346 g/mol. The van der Waals surface area contributed by atoms with Crippen LogP contribution in [0, 0.1) is 0 Å². The number of carbonyl (C=O) groups is 1. The molecule has 3 atom stereocenters. The second-order valence-corrected chi connectivity index (χ2v) is 9.20. The van der Waals surface area contributed by atoms with Gasteiger partial charge in [-0.2, -0.15) is 0 Å². The van der Waals surface area contributed by atoms with Gasteiger partial charge in [0.25, 0.3) is 0 Å². The Morgan fingerprint density at radius 3 is 2.00 bits per heavy atom. The third-order valence-electron chi connectivity index (χ3n) is 4.06. The molecule has 2 unspecified atom stereocenters. The Morgan fingerprint density at radius 2 is 1.43 bits per heavy atom. The molecule has 0 saturated carbocycles. The van der Waals surface area contributed by atoms with Gasteiger partial charge < -0.3 is 0 Å². The summed E-state index contributed by atoms with van der Waals surface area (Å²) in [6.07, 6.45) is 0.232. The predicted molar refractivity (Wildman–Crippen MR) is 94.4 cm³/mol. The zero-order valence-corrected chi connectivity index (χ0v) is 14.2. The van der Waals surface area contributed by atoms with Gasteiger partial charge in [-0.15, -0.1) is 0 Å². The molecule has 0 aromatic heterocycles. The third-order valence-corrected chi connectivity index (χ3v) is 8.51. The van der Waals surface area contributed by atoms with Crippen LogP contribution in [0.5, 0.6) is 0 Å². The first-order valence-electron chi connectivity index (χ1n) is 7.54. The maximum absolute atomic E-state index is 12.6. The predicted octanol–water partition coefficient (Wildman–Crippen LogP) is 2.88. The summed E-state index contributed by atoms with van der Waals surface area (Å²) in [4.78, 5) is 12.6. The van der Waals surface area contributed by atoms with Crippen molar-refractivity contribution < 1.29 is 13.2 Å². The third kappa shape index (κ3) is 3.67. The van der Waals surface area contributed by atoms with Crippen molar-refractivity contribution in [2.24, 2.45) is 0 Å². The molecule has 3 nitrogen and oxygen atoms in total. The fraction of sp³-hybridized carbons (Fsp3) is 0.278. The maximum atomic E-state index is 12.6. The molecule has 0 amide bonds. The van der Waals surface area contributed by atoms with Crippen molar-refractivity contribution in [1.82, 2.24) is 0 Å². The minimum atomic E-state index is -1.15. The number of carbonyl (C=O) groups excluding carboxylic acids is 1. The first-order chi connectivity index (χ1) is 11.2. The van der Waals surface area contributed by atoms with Crippen LogP contribution in [0.25, 0.3) is 0 Å². The Balaban J connectivity index is 1.91. The highest BCUT2D eigenvalue weighted by atomic mass is 32.3. The average Bonchev–Trinajstić information content (AvgIpc) is 2.93. The van der Waals surface area contributed by atoms with Crippen molar-refractivity contribution in [2.75, 3.05) is 11.5 Å². The molecule has 0 N–H and O–H groups in total. The molecule has 0 aliphatic carbocycles. The summed E-state index contributed by atoms with van der Waals surface area (Å²) in [6.45, 7) is 0. The summed E-state index contributed by atoms with van der Waals surface area (Å²) in [5, 5.41) is 0. The minimum Gasteiger partial charge on any atom is -0.294 e. The van der Waals surface area contributed by atoms with Gasteiger partial charge in [-0.25, -0.2) is 0 Å². The lowest BCUT2D eigenvalue weighted by Crippen LogP contribution is -2.26. The summed E-state index contributed by atoms with van der Waals surface area (Å²) < 4.78 is 24.2. The van der Waals surface area contributed by atoms with E-state index >= 15 is 0 Å². The SMILES string of the molecule is O=C(C[C@H](c1ccccc1)C1S(=O)CCS1=O)c1ccccc1. The minimum absolute atomic E-state index is 0.000327. The van der Waals surface area contributed by atoms with E-state index < -0.39 is 26.2 Å². The molecule has 1 heterocycles. The number of hydrogen-bond acceptors (Lipinski definition) is 3. The molecule has 3 rings (SSSR count). The van der Waals surface area contributed by atoms with E-state index in [1.54, 1.807) is 12.1 Å².